The lowest BCUT2D eigenvalue weighted by atomic mass is 9.81. The van der Waals surface area contributed by atoms with Crippen LogP contribution in [-0.2, 0) is 0 Å². The van der Waals surface area contributed by atoms with Gasteiger partial charge in [-0.2, -0.15) is 0 Å². The van der Waals surface area contributed by atoms with Gasteiger partial charge in [0.25, 0.3) is 0 Å². The average molecular weight is 448 g/mol. The van der Waals surface area contributed by atoms with E-state index in [0.29, 0.717) is 31.7 Å². The summed E-state index contributed by atoms with van der Waals surface area (Å²) in [4.78, 5) is 24.2. The number of rotatable bonds is 4. The molecule has 0 atom stereocenters. The molecule has 1 aliphatic rings. The van der Waals surface area contributed by atoms with Gasteiger partial charge in [-0.3, -0.25) is 4.79 Å². The number of carboxylic acids is 1. The molecule has 0 aliphatic heterocycles. The number of carboxylic acid groups (broad SMARTS) is 1. The van der Waals surface area contributed by atoms with E-state index in [0.717, 1.165) is 29.0 Å². The molecule has 0 saturated heterocycles. The quantitative estimate of drug-likeness (QED) is 0.577. The van der Waals surface area contributed by atoms with Crippen molar-refractivity contribution in [2.24, 2.45) is 0 Å². The van der Waals surface area contributed by atoms with E-state index in [2.05, 4.69) is 5.32 Å². The maximum absolute atomic E-state index is 15.8. The fourth-order valence-electron chi connectivity index (χ4n) is 4.49. The Bertz CT molecular complexity index is 1280. The van der Waals surface area contributed by atoms with Crippen molar-refractivity contribution in [3.63, 3.8) is 0 Å². The molecule has 9 heteroatoms. The number of nitrogens with zero attached hydrogens (tertiary/aromatic N) is 1. The third-order valence-corrected chi connectivity index (χ3v) is 6.16. The molecule has 4 rings (SSSR count). The number of nitrogens with one attached hydrogen (secondary N) is 1. The average Bonchev–Trinajstić information content (AvgIpc) is 2.75. The van der Waals surface area contributed by atoms with E-state index < -0.39 is 57.1 Å². The van der Waals surface area contributed by atoms with Gasteiger partial charge in [0.1, 0.15) is 23.0 Å². The van der Waals surface area contributed by atoms with Crippen LogP contribution in [0.4, 0.5) is 17.6 Å². The van der Waals surface area contributed by atoms with Gasteiger partial charge in [-0.25, -0.2) is 22.4 Å². The van der Waals surface area contributed by atoms with Crippen LogP contribution in [0, 0.1) is 23.3 Å². The smallest absolute Gasteiger partial charge is 0.341 e. The predicted octanol–water partition coefficient (Wildman–Crippen LogP) is 4.49. The van der Waals surface area contributed by atoms with Gasteiger partial charge in [0.05, 0.1) is 16.6 Å². The number of carbonyl (C=O) groups is 1. The molecule has 2 N–H and O–H groups in total. The summed E-state index contributed by atoms with van der Waals surface area (Å²) in [6.07, 6.45) is 3.21. The summed E-state index contributed by atoms with van der Waals surface area (Å²) in [5, 5.41) is 12.0. The lowest BCUT2D eigenvalue weighted by molar-refractivity contribution is 0.0695. The van der Waals surface area contributed by atoms with Gasteiger partial charge in [-0.1, -0.05) is 0 Å². The van der Waals surface area contributed by atoms with Crippen LogP contribution in [0.15, 0.2) is 35.3 Å². The summed E-state index contributed by atoms with van der Waals surface area (Å²) < 4.78 is 59.7. The molecule has 32 heavy (non-hydrogen) atoms. The Kier molecular flexibility index (Phi) is 5.77. The van der Waals surface area contributed by atoms with Crippen LogP contribution in [0.5, 0.6) is 0 Å². The number of benzene rings is 2. The summed E-state index contributed by atoms with van der Waals surface area (Å²) >= 11 is 0. The van der Waals surface area contributed by atoms with Crippen LogP contribution in [0.25, 0.3) is 16.6 Å². The summed E-state index contributed by atoms with van der Waals surface area (Å²) in [5.41, 5.74) is -2.91. The fraction of sp³-hybridized carbons (Fsp3) is 0.304. The molecule has 5 nitrogen and oxygen atoms in total. The van der Waals surface area contributed by atoms with Crippen LogP contribution in [0.3, 0.4) is 0 Å². The molecule has 1 heterocycles. The minimum absolute atomic E-state index is 0.217. The highest BCUT2D eigenvalue weighted by atomic mass is 19.1. The van der Waals surface area contributed by atoms with Crippen LogP contribution < -0.4 is 10.7 Å². The molecule has 3 aromatic rings. The maximum atomic E-state index is 15.8. The van der Waals surface area contributed by atoms with E-state index in [1.807, 2.05) is 7.05 Å². The Balaban J connectivity index is 2.02. The van der Waals surface area contributed by atoms with Crippen LogP contribution in [-0.4, -0.2) is 28.7 Å². The van der Waals surface area contributed by atoms with Gasteiger partial charge in [0.15, 0.2) is 5.82 Å². The van der Waals surface area contributed by atoms with Crippen molar-refractivity contribution in [2.45, 2.75) is 37.6 Å². The first-order chi connectivity index (χ1) is 15.2. The molecule has 1 aliphatic carbocycles. The van der Waals surface area contributed by atoms with Gasteiger partial charge >= 0.3 is 5.97 Å². The second kappa shape index (κ2) is 8.38. The highest BCUT2D eigenvalue weighted by molar-refractivity contribution is 5.93. The zero-order valence-electron chi connectivity index (χ0n) is 17.1. The predicted molar refractivity (Wildman–Crippen MR) is 110 cm³/mol. The van der Waals surface area contributed by atoms with Crippen molar-refractivity contribution in [1.29, 1.82) is 0 Å². The Morgan fingerprint density at radius 3 is 2.34 bits per heavy atom. The minimum atomic E-state index is -1.64. The molecule has 0 amide bonds. The largest absolute Gasteiger partial charge is 0.477 e. The van der Waals surface area contributed by atoms with E-state index >= 15 is 8.78 Å². The second-order valence-electron chi connectivity index (χ2n) is 7.96. The molecular formula is C23H20F4N2O3. The number of aromatic carboxylic acids is 1. The van der Waals surface area contributed by atoms with Crippen molar-refractivity contribution < 1.29 is 27.5 Å². The Morgan fingerprint density at radius 2 is 1.75 bits per heavy atom. The number of pyridine rings is 1. The van der Waals surface area contributed by atoms with Gasteiger partial charge in [-0.05, 0) is 56.8 Å². The van der Waals surface area contributed by atoms with Crippen LogP contribution >= 0.6 is 0 Å². The Morgan fingerprint density at radius 1 is 1.06 bits per heavy atom. The van der Waals surface area contributed by atoms with Crippen molar-refractivity contribution in [3.05, 3.63) is 75.1 Å². The van der Waals surface area contributed by atoms with E-state index in [4.69, 9.17) is 0 Å². The molecule has 168 valence electrons. The van der Waals surface area contributed by atoms with E-state index in [1.165, 1.54) is 0 Å². The molecule has 0 unspecified atom stereocenters. The number of hydrogen-bond acceptors (Lipinski definition) is 3. The number of hydrogen-bond donors (Lipinski definition) is 2. The van der Waals surface area contributed by atoms with Gasteiger partial charge in [0.2, 0.25) is 5.43 Å². The number of halogens is 4. The minimum Gasteiger partial charge on any atom is -0.477 e. The fourth-order valence-corrected chi connectivity index (χ4v) is 4.49. The van der Waals surface area contributed by atoms with Crippen molar-refractivity contribution in [2.75, 3.05) is 7.05 Å². The zero-order chi connectivity index (χ0) is 23.2. The normalized spacial score (nSPS) is 18.8. The maximum Gasteiger partial charge on any atom is 0.341 e. The third kappa shape index (κ3) is 3.66. The zero-order valence-corrected chi connectivity index (χ0v) is 17.1. The van der Waals surface area contributed by atoms with Gasteiger partial charge in [0, 0.05) is 23.9 Å². The molecule has 1 fully saturated rings. The molecule has 0 spiro atoms. The summed E-state index contributed by atoms with van der Waals surface area (Å²) in [5.74, 6) is -6.07. The van der Waals surface area contributed by atoms with Crippen LogP contribution in [0.1, 0.15) is 47.5 Å². The highest BCUT2D eigenvalue weighted by Crippen LogP contribution is 2.38. The number of fused-ring (bicyclic) bond motifs is 1. The number of aromatic nitrogens is 1. The Hall–Kier alpha value is -3.20. The van der Waals surface area contributed by atoms with Crippen molar-refractivity contribution in [1.82, 2.24) is 9.88 Å². The van der Waals surface area contributed by atoms with Crippen molar-refractivity contribution >= 4 is 16.9 Å². The molecule has 1 saturated carbocycles. The second-order valence-corrected chi connectivity index (χ2v) is 7.96. The first kappa shape index (κ1) is 22.0. The molecule has 1 aromatic heterocycles. The van der Waals surface area contributed by atoms with E-state index in [9.17, 15) is 23.5 Å². The third-order valence-electron chi connectivity index (χ3n) is 6.16. The standard InChI is InChI=1S/C23H20F4N2O3/c1-28-13-5-2-11(3-6-13)19-17(26)9-14-21(20(19)27)29(10-15(22(14)30)23(31)32)18-7-4-12(24)8-16(18)25/h4,7-11,13,28H,2-3,5-6H2,1H3,(H,31,32). The summed E-state index contributed by atoms with van der Waals surface area (Å²) in [6.45, 7) is 0. The lowest BCUT2D eigenvalue weighted by Crippen LogP contribution is -2.30. The van der Waals surface area contributed by atoms with E-state index in [1.54, 1.807) is 0 Å². The topological polar surface area (TPSA) is 71.3 Å². The van der Waals surface area contributed by atoms with Gasteiger partial charge < -0.3 is 15.0 Å². The SMILES string of the molecule is CNC1CCC(c2c(F)cc3c(=O)c(C(=O)O)cn(-c4ccc(F)cc4F)c3c2F)CC1. The summed E-state index contributed by atoms with van der Waals surface area (Å²) in [7, 11) is 1.82. The first-order valence-electron chi connectivity index (χ1n) is 10.2. The lowest BCUT2D eigenvalue weighted by Gasteiger charge is -2.29. The molecule has 0 radical (unpaired) electrons. The van der Waals surface area contributed by atoms with Crippen LogP contribution in [0.2, 0.25) is 0 Å². The Labute approximate surface area is 180 Å². The first-order valence-corrected chi connectivity index (χ1v) is 10.2. The van der Waals surface area contributed by atoms with E-state index in [-0.39, 0.29) is 17.3 Å². The molecule has 2 aromatic carbocycles. The molecular weight excluding hydrogens is 428 g/mol. The highest BCUT2D eigenvalue weighted by Gasteiger charge is 2.30. The summed E-state index contributed by atoms with van der Waals surface area (Å²) in [6, 6.07) is 3.53. The van der Waals surface area contributed by atoms with Crippen molar-refractivity contribution in [3.8, 4) is 5.69 Å². The van der Waals surface area contributed by atoms with Gasteiger partial charge in [-0.15, -0.1) is 0 Å². The monoisotopic (exact) mass is 448 g/mol. The molecule has 0 bridgehead atoms.